The second kappa shape index (κ2) is 7.80. The average Bonchev–Trinajstić information content (AvgIpc) is 2.66. The van der Waals surface area contributed by atoms with Gasteiger partial charge in [-0.3, -0.25) is 5.01 Å². The third-order valence-corrected chi connectivity index (χ3v) is 3.58. The molecule has 0 N–H and O–H groups in total. The first-order valence-electron chi connectivity index (χ1n) is 7.82. The van der Waals surface area contributed by atoms with Gasteiger partial charge in [-0.05, 0) is 30.3 Å². The second-order valence-corrected chi connectivity index (χ2v) is 5.31. The van der Waals surface area contributed by atoms with Crippen molar-refractivity contribution in [1.82, 2.24) is 0 Å². The summed E-state index contributed by atoms with van der Waals surface area (Å²) in [5.41, 5.74) is 4.02. The summed E-state index contributed by atoms with van der Waals surface area (Å²) in [4.78, 5) is 0. The van der Waals surface area contributed by atoms with Crippen LogP contribution < -0.4 is 5.01 Å². The average molecular weight is 310 g/mol. The van der Waals surface area contributed by atoms with Gasteiger partial charge in [0.2, 0.25) is 0 Å². The van der Waals surface area contributed by atoms with Crippen LogP contribution in [0.4, 0.5) is 5.69 Å². The highest BCUT2D eigenvalue weighted by molar-refractivity contribution is 5.84. The lowest BCUT2D eigenvalue weighted by atomic mass is 10.1. The maximum atomic E-state index is 4.52. The molecular weight excluding hydrogens is 292 g/mol. The predicted molar refractivity (Wildman–Crippen MR) is 101 cm³/mol. The van der Waals surface area contributed by atoms with Crippen LogP contribution in [-0.4, -0.2) is 13.3 Å². The van der Waals surface area contributed by atoms with E-state index in [0.29, 0.717) is 0 Å². The zero-order chi connectivity index (χ0) is 16.6. The van der Waals surface area contributed by atoms with Crippen molar-refractivity contribution in [1.29, 1.82) is 0 Å². The lowest BCUT2D eigenvalue weighted by Gasteiger charge is -2.12. The molecule has 0 aliphatic carbocycles. The van der Waals surface area contributed by atoms with Gasteiger partial charge in [-0.15, -0.1) is 0 Å². The molecule has 0 aromatic heterocycles. The van der Waals surface area contributed by atoms with E-state index in [9.17, 15) is 0 Å². The number of benzene rings is 3. The molecule has 3 aromatic rings. The molecule has 24 heavy (non-hydrogen) atoms. The Labute approximate surface area is 143 Å². The molecule has 0 aliphatic rings. The van der Waals surface area contributed by atoms with Crippen LogP contribution in [0.5, 0.6) is 0 Å². The maximum absolute atomic E-state index is 4.52. The van der Waals surface area contributed by atoms with Gasteiger partial charge in [0.25, 0.3) is 0 Å². The topological polar surface area (TPSA) is 15.6 Å². The number of rotatable bonds is 3. The van der Waals surface area contributed by atoms with Gasteiger partial charge in [0.1, 0.15) is 0 Å². The minimum atomic E-state index is 0.964. The van der Waals surface area contributed by atoms with E-state index in [-0.39, 0.29) is 0 Å². The molecule has 0 fully saturated rings. The molecule has 0 unspecified atom stereocenters. The Kier molecular flexibility index (Phi) is 5.07. The van der Waals surface area contributed by atoms with Crippen LogP contribution in [0.15, 0.2) is 90.0 Å². The first-order chi connectivity index (χ1) is 11.8. The molecule has 0 radical (unpaired) electrons. The monoisotopic (exact) mass is 310 g/mol. The highest BCUT2D eigenvalue weighted by Gasteiger charge is 1.98. The van der Waals surface area contributed by atoms with E-state index in [1.165, 1.54) is 0 Å². The predicted octanol–water partition coefficient (Wildman–Crippen LogP) is 4.56. The Bertz CT molecular complexity index is 872. The largest absolute Gasteiger partial charge is 0.269 e. The fraction of sp³-hybridized carbons (Fsp3) is 0.0455. The minimum absolute atomic E-state index is 0.964. The van der Waals surface area contributed by atoms with Gasteiger partial charge >= 0.3 is 0 Å². The molecule has 116 valence electrons. The summed E-state index contributed by atoms with van der Waals surface area (Å²) in [5.74, 6) is 6.43. The molecule has 2 heteroatoms. The standard InChI is InChI=1S/C22H18N2/c1-24(22-14-6-3-7-15-22)23-18-21-13-9-8-12-20(21)17-16-19-10-4-2-5-11-19/h2-15,18H,1H3/b23-18+. The normalized spacial score (nSPS) is 10.2. The van der Waals surface area contributed by atoms with E-state index >= 15 is 0 Å². The van der Waals surface area contributed by atoms with Crippen molar-refractivity contribution in [3.8, 4) is 11.8 Å². The van der Waals surface area contributed by atoms with Crippen molar-refractivity contribution >= 4 is 11.9 Å². The smallest absolute Gasteiger partial charge is 0.0590 e. The SMILES string of the molecule is CN(/N=C/c1ccccc1C#Cc1ccccc1)c1ccccc1. The van der Waals surface area contributed by atoms with Gasteiger partial charge < -0.3 is 0 Å². The Morgan fingerprint density at radius 1 is 0.750 bits per heavy atom. The first-order valence-corrected chi connectivity index (χ1v) is 7.82. The Morgan fingerprint density at radius 2 is 1.38 bits per heavy atom. The molecule has 0 heterocycles. The summed E-state index contributed by atoms with van der Waals surface area (Å²) in [6.07, 6.45) is 1.85. The van der Waals surface area contributed by atoms with Crippen molar-refractivity contribution in [3.05, 3.63) is 102 Å². The third kappa shape index (κ3) is 4.12. The molecule has 0 bridgehead atoms. The van der Waals surface area contributed by atoms with E-state index in [1.807, 2.05) is 103 Å². The zero-order valence-corrected chi connectivity index (χ0v) is 13.6. The Morgan fingerprint density at radius 3 is 2.12 bits per heavy atom. The lowest BCUT2D eigenvalue weighted by Crippen LogP contribution is -2.08. The van der Waals surface area contributed by atoms with Crippen molar-refractivity contribution in [2.45, 2.75) is 0 Å². The van der Waals surface area contributed by atoms with E-state index in [1.54, 1.807) is 0 Å². The summed E-state index contributed by atoms with van der Waals surface area (Å²) in [6, 6.07) is 28.1. The maximum Gasteiger partial charge on any atom is 0.0590 e. The van der Waals surface area contributed by atoms with Crippen LogP contribution in [0.1, 0.15) is 16.7 Å². The van der Waals surface area contributed by atoms with Crippen LogP contribution in [-0.2, 0) is 0 Å². The summed E-state index contributed by atoms with van der Waals surface area (Å²) >= 11 is 0. The quantitative estimate of drug-likeness (QED) is 0.393. The van der Waals surface area contributed by atoms with E-state index < -0.39 is 0 Å². The molecule has 3 aromatic carbocycles. The van der Waals surface area contributed by atoms with Crippen LogP contribution in [0, 0.1) is 11.8 Å². The first kappa shape index (κ1) is 15.6. The van der Waals surface area contributed by atoms with Crippen LogP contribution in [0.25, 0.3) is 0 Å². The van der Waals surface area contributed by atoms with E-state index in [0.717, 1.165) is 22.4 Å². The summed E-state index contributed by atoms with van der Waals surface area (Å²) in [5, 5.41) is 6.37. The van der Waals surface area contributed by atoms with Crippen LogP contribution in [0.3, 0.4) is 0 Å². The van der Waals surface area contributed by atoms with Gasteiger partial charge in [0.15, 0.2) is 0 Å². The highest BCUT2D eigenvalue weighted by atomic mass is 15.4. The molecule has 0 spiro atoms. The summed E-state index contributed by atoms with van der Waals surface area (Å²) in [7, 11) is 1.93. The lowest BCUT2D eigenvalue weighted by molar-refractivity contribution is 1.02. The fourth-order valence-electron chi connectivity index (χ4n) is 2.24. The molecule has 0 aliphatic heterocycles. The second-order valence-electron chi connectivity index (χ2n) is 5.31. The van der Waals surface area contributed by atoms with Crippen LogP contribution in [0.2, 0.25) is 0 Å². The van der Waals surface area contributed by atoms with Gasteiger partial charge in [-0.25, -0.2) is 0 Å². The molecule has 0 saturated carbocycles. The molecule has 0 amide bonds. The van der Waals surface area contributed by atoms with E-state index in [4.69, 9.17) is 0 Å². The third-order valence-electron chi connectivity index (χ3n) is 3.58. The van der Waals surface area contributed by atoms with Crippen molar-refractivity contribution < 1.29 is 0 Å². The number of hydrogen-bond donors (Lipinski definition) is 0. The highest BCUT2D eigenvalue weighted by Crippen LogP contribution is 2.12. The number of para-hydroxylation sites is 1. The van der Waals surface area contributed by atoms with E-state index in [2.05, 4.69) is 16.9 Å². The summed E-state index contributed by atoms with van der Waals surface area (Å²) in [6.45, 7) is 0. The van der Waals surface area contributed by atoms with Crippen LogP contribution >= 0.6 is 0 Å². The Hall–Kier alpha value is -3.31. The van der Waals surface area contributed by atoms with Crippen molar-refractivity contribution in [3.63, 3.8) is 0 Å². The van der Waals surface area contributed by atoms with Crippen molar-refractivity contribution in [2.75, 3.05) is 12.1 Å². The molecule has 0 atom stereocenters. The molecular formula is C22H18N2. The fourth-order valence-corrected chi connectivity index (χ4v) is 2.24. The van der Waals surface area contributed by atoms with Gasteiger partial charge in [0.05, 0.1) is 11.9 Å². The molecule has 2 nitrogen and oxygen atoms in total. The minimum Gasteiger partial charge on any atom is -0.269 e. The number of nitrogens with zero attached hydrogens (tertiary/aromatic N) is 2. The van der Waals surface area contributed by atoms with Gasteiger partial charge in [0, 0.05) is 23.7 Å². The summed E-state index contributed by atoms with van der Waals surface area (Å²) < 4.78 is 0. The van der Waals surface area contributed by atoms with Gasteiger partial charge in [-0.2, -0.15) is 5.10 Å². The van der Waals surface area contributed by atoms with Crippen molar-refractivity contribution in [2.24, 2.45) is 5.10 Å². The molecule has 3 rings (SSSR count). The number of anilines is 1. The number of hydrazone groups is 1. The number of hydrogen-bond acceptors (Lipinski definition) is 2. The molecule has 0 saturated heterocycles. The Balaban J connectivity index is 1.82. The zero-order valence-electron chi connectivity index (χ0n) is 13.6. The van der Waals surface area contributed by atoms with Gasteiger partial charge in [-0.1, -0.05) is 66.4 Å².